The molecule has 1 saturated heterocycles. The highest BCUT2D eigenvalue weighted by Crippen LogP contribution is 2.12. The number of amides is 1. The summed E-state index contributed by atoms with van der Waals surface area (Å²) in [4.78, 5) is 33.5. The molecule has 0 radical (unpaired) electrons. The molecule has 2 aromatic rings. The van der Waals surface area contributed by atoms with Crippen molar-refractivity contribution in [3.63, 3.8) is 0 Å². The second kappa shape index (κ2) is 5.88. The van der Waals surface area contributed by atoms with Crippen LogP contribution in [-0.2, 0) is 4.79 Å². The molecule has 2 heterocycles. The Balaban J connectivity index is 1.88. The molecule has 1 amide bonds. The molecular weight excluding hydrogens is 280 g/mol. The van der Waals surface area contributed by atoms with Gasteiger partial charge in [0.05, 0.1) is 17.2 Å². The predicted molar refractivity (Wildman–Crippen MR) is 84.8 cm³/mol. The molecule has 1 fully saturated rings. The molecule has 0 saturated carbocycles. The summed E-state index contributed by atoms with van der Waals surface area (Å²) in [7, 11) is 2.04. The minimum absolute atomic E-state index is 0.0210. The second-order valence-electron chi connectivity index (χ2n) is 5.78. The first kappa shape index (κ1) is 14.7. The minimum atomic E-state index is -0.534. The van der Waals surface area contributed by atoms with Crippen LogP contribution in [0.1, 0.15) is 13.0 Å². The fourth-order valence-corrected chi connectivity index (χ4v) is 2.77. The van der Waals surface area contributed by atoms with Crippen LogP contribution < -0.4 is 5.56 Å². The first-order valence-corrected chi connectivity index (χ1v) is 7.51. The molecule has 1 aromatic heterocycles. The highest BCUT2D eigenvalue weighted by molar-refractivity contribution is 5.81. The van der Waals surface area contributed by atoms with Crippen molar-refractivity contribution in [1.29, 1.82) is 0 Å². The second-order valence-corrected chi connectivity index (χ2v) is 5.78. The van der Waals surface area contributed by atoms with Gasteiger partial charge in [0.2, 0.25) is 5.91 Å². The number of likely N-dealkylation sites (N-methyl/N-ethyl adjacent to an activating group) is 1. The Labute approximate surface area is 129 Å². The fraction of sp³-hybridized carbons (Fsp3) is 0.438. The van der Waals surface area contributed by atoms with Crippen LogP contribution in [0.4, 0.5) is 0 Å². The van der Waals surface area contributed by atoms with Crippen molar-refractivity contribution in [3.05, 3.63) is 40.9 Å². The number of benzene rings is 1. The smallest absolute Gasteiger partial charge is 0.261 e. The molecule has 1 aliphatic heterocycles. The van der Waals surface area contributed by atoms with Crippen LogP contribution >= 0.6 is 0 Å². The van der Waals surface area contributed by atoms with Gasteiger partial charge in [-0.15, -0.1) is 0 Å². The summed E-state index contributed by atoms with van der Waals surface area (Å²) in [6.07, 6.45) is 1.48. The van der Waals surface area contributed by atoms with Crippen LogP contribution in [0.5, 0.6) is 0 Å². The van der Waals surface area contributed by atoms with E-state index in [4.69, 9.17) is 0 Å². The van der Waals surface area contributed by atoms with Gasteiger partial charge in [0.25, 0.3) is 5.56 Å². The molecule has 1 aliphatic rings. The van der Waals surface area contributed by atoms with Gasteiger partial charge in [0.15, 0.2) is 0 Å². The lowest BCUT2D eigenvalue weighted by molar-refractivity contribution is -0.135. The molecule has 1 atom stereocenters. The monoisotopic (exact) mass is 300 g/mol. The average molecular weight is 300 g/mol. The topological polar surface area (TPSA) is 58.4 Å². The van der Waals surface area contributed by atoms with E-state index in [0.29, 0.717) is 24.0 Å². The van der Waals surface area contributed by atoms with Crippen LogP contribution in [0.15, 0.2) is 35.4 Å². The Morgan fingerprint density at radius 2 is 1.86 bits per heavy atom. The number of carbonyl (C=O) groups is 1. The number of piperazine rings is 1. The molecule has 1 aromatic carbocycles. The summed E-state index contributed by atoms with van der Waals surface area (Å²) in [5.41, 5.74) is 0.489. The van der Waals surface area contributed by atoms with E-state index >= 15 is 0 Å². The number of para-hydroxylation sites is 1. The molecule has 0 aliphatic carbocycles. The fourth-order valence-electron chi connectivity index (χ4n) is 2.77. The van der Waals surface area contributed by atoms with Gasteiger partial charge in [-0.2, -0.15) is 0 Å². The molecule has 6 nitrogen and oxygen atoms in total. The van der Waals surface area contributed by atoms with Gasteiger partial charge < -0.3 is 9.80 Å². The van der Waals surface area contributed by atoms with Crippen molar-refractivity contribution in [2.45, 2.75) is 13.0 Å². The largest absolute Gasteiger partial charge is 0.338 e. The summed E-state index contributed by atoms with van der Waals surface area (Å²) < 4.78 is 1.43. The van der Waals surface area contributed by atoms with Gasteiger partial charge in [-0.05, 0) is 26.1 Å². The lowest BCUT2D eigenvalue weighted by atomic mass is 10.2. The Bertz CT molecular complexity index is 747. The van der Waals surface area contributed by atoms with Gasteiger partial charge in [-0.25, -0.2) is 4.98 Å². The van der Waals surface area contributed by atoms with Gasteiger partial charge in [-0.1, -0.05) is 12.1 Å². The van der Waals surface area contributed by atoms with Crippen molar-refractivity contribution in [2.24, 2.45) is 0 Å². The summed E-state index contributed by atoms with van der Waals surface area (Å²) in [6, 6.07) is 6.66. The van der Waals surface area contributed by atoms with E-state index in [1.54, 1.807) is 19.1 Å². The Hall–Kier alpha value is -2.21. The Kier molecular flexibility index (Phi) is 3.94. The van der Waals surface area contributed by atoms with Crippen LogP contribution in [0.2, 0.25) is 0 Å². The number of nitrogens with zero attached hydrogens (tertiary/aromatic N) is 4. The van der Waals surface area contributed by atoms with Gasteiger partial charge in [0.1, 0.15) is 6.04 Å². The van der Waals surface area contributed by atoms with Crippen LogP contribution in [0.3, 0.4) is 0 Å². The number of hydrogen-bond donors (Lipinski definition) is 0. The van der Waals surface area contributed by atoms with E-state index in [1.165, 1.54) is 10.9 Å². The zero-order valence-corrected chi connectivity index (χ0v) is 12.9. The lowest BCUT2D eigenvalue weighted by Crippen LogP contribution is -2.49. The Morgan fingerprint density at radius 1 is 1.18 bits per heavy atom. The third kappa shape index (κ3) is 2.62. The molecule has 0 spiro atoms. The first-order chi connectivity index (χ1) is 10.6. The molecular formula is C16H20N4O2. The quantitative estimate of drug-likeness (QED) is 0.820. The predicted octanol–water partition coefficient (Wildman–Crippen LogP) is 0.731. The summed E-state index contributed by atoms with van der Waals surface area (Å²) in [5.74, 6) is -0.0210. The first-order valence-electron chi connectivity index (χ1n) is 7.51. The van der Waals surface area contributed by atoms with E-state index in [9.17, 15) is 9.59 Å². The van der Waals surface area contributed by atoms with E-state index in [0.717, 1.165) is 13.1 Å². The van der Waals surface area contributed by atoms with E-state index in [1.807, 2.05) is 24.1 Å². The third-order valence-corrected chi connectivity index (χ3v) is 4.28. The number of rotatable bonds is 2. The van der Waals surface area contributed by atoms with E-state index < -0.39 is 6.04 Å². The summed E-state index contributed by atoms with van der Waals surface area (Å²) in [5, 5.41) is 0.544. The normalized spacial score (nSPS) is 17.6. The molecule has 3 rings (SSSR count). The molecule has 6 heteroatoms. The Morgan fingerprint density at radius 3 is 2.59 bits per heavy atom. The zero-order valence-electron chi connectivity index (χ0n) is 12.9. The van der Waals surface area contributed by atoms with Gasteiger partial charge in [-0.3, -0.25) is 14.2 Å². The third-order valence-electron chi connectivity index (χ3n) is 4.28. The van der Waals surface area contributed by atoms with E-state index in [2.05, 4.69) is 9.88 Å². The maximum absolute atomic E-state index is 12.6. The maximum atomic E-state index is 12.6. The van der Waals surface area contributed by atoms with E-state index in [-0.39, 0.29) is 11.5 Å². The average Bonchev–Trinajstić information content (AvgIpc) is 2.55. The van der Waals surface area contributed by atoms with Crippen molar-refractivity contribution >= 4 is 16.8 Å². The van der Waals surface area contributed by atoms with Crippen LogP contribution in [0, 0.1) is 0 Å². The van der Waals surface area contributed by atoms with Crippen molar-refractivity contribution < 1.29 is 4.79 Å². The number of aromatic nitrogens is 2. The van der Waals surface area contributed by atoms with Crippen molar-refractivity contribution in [1.82, 2.24) is 19.4 Å². The van der Waals surface area contributed by atoms with Gasteiger partial charge in [0, 0.05) is 26.2 Å². The molecule has 0 N–H and O–H groups in total. The van der Waals surface area contributed by atoms with Crippen molar-refractivity contribution in [2.75, 3.05) is 33.2 Å². The van der Waals surface area contributed by atoms with Gasteiger partial charge >= 0.3 is 0 Å². The highest BCUT2D eigenvalue weighted by atomic mass is 16.2. The molecule has 1 unspecified atom stereocenters. The maximum Gasteiger partial charge on any atom is 0.261 e. The molecule has 22 heavy (non-hydrogen) atoms. The highest BCUT2D eigenvalue weighted by Gasteiger charge is 2.25. The van der Waals surface area contributed by atoms with Crippen molar-refractivity contribution in [3.8, 4) is 0 Å². The standard InChI is InChI=1S/C16H20N4O2/c1-12(15(21)19-9-7-18(2)8-10-19)20-11-17-14-6-4-3-5-13(14)16(20)22/h3-6,11-12H,7-10H2,1-2H3. The summed E-state index contributed by atoms with van der Waals surface area (Å²) >= 11 is 0. The minimum Gasteiger partial charge on any atom is -0.338 e. The lowest BCUT2D eigenvalue weighted by Gasteiger charge is -2.34. The molecule has 116 valence electrons. The molecule has 0 bridgehead atoms. The number of fused-ring (bicyclic) bond motifs is 1. The zero-order chi connectivity index (χ0) is 15.7. The number of carbonyl (C=O) groups excluding carboxylic acids is 1. The SMILES string of the molecule is CC(C(=O)N1CCN(C)CC1)n1cnc2ccccc2c1=O. The number of hydrogen-bond acceptors (Lipinski definition) is 4. The van der Waals surface area contributed by atoms with Crippen LogP contribution in [-0.4, -0.2) is 58.5 Å². The van der Waals surface area contributed by atoms with Crippen LogP contribution in [0.25, 0.3) is 10.9 Å². The summed E-state index contributed by atoms with van der Waals surface area (Å²) in [6.45, 7) is 4.90.